The van der Waals surface area contributed by atoms with Crippen molar-refractivity contribution in [2.24, 2.45) is 23.5 Å². The van der Waals surface area contributed by atoms with Gasteiger partial charge in [0.05, 0.1) is 5.56 Å². The van der Waals surface area contributed by atoms with Gasteiger partial charge >= 0.3 is 0 Å². The van der Waals surface area contributed by atoms with Crippen LogP contribution in [0.5, 0.6) is 0 Å². The molecule has 0 aromatic heterocycles. The van der Waals surface area contributed by atoms with Crippen LogP contribution in [0, 0.1) is 29.4 Å². The number of amides is 1. The number of nitrogens with zero attached hydrogens (tertiary/aromatic N) is 1. The van der Waals surface area contributed by atoms with Crippen LogP contribution in [0.3, 0.4) is 0 Å². The number of ketones is 1. The Morgan fingerprint density at radius 1 is 1.12 bits per heavy atom. The molecule has 2 fully saturated rings. The number of rotatable bonds is 4. The summed E-state index contributed by atoms with van der Waals surface area (Å²) in [5, 5.41) is 0. The Balaban J connectivity index is 1.61. The van der Waals surface area contributed by atoms with Crippen molar-refractivity contribution in [2.75, 3.05) is 19.6 Å². The number of carbonyl (C=O) groups excluding carboxylic acids is 2. The Hall–Kier alpha value is -1.82. The van der Waals surface area contributed by atoms with E-state index in [0.29, 0.717) is 32.5 Å². The van der Waals surface area contributed by atoms with Gasteiger partial charge in [0, 0.05) is 24.9 Å². The summed E-state index contributed by atoms with van der Waals surface area (Å²) in [5.74, 6) is -1.66. The lowest BCUT2D eigenvalue weighted by Crippen LogP contribution is -2.44. The average molecular weight is 350 g/mol. The molecule has 2 atom stereocenters. The molecule has 0 radical (unpaired) electrons. The number of halogens is 2. The monoisotopic (exact) mass is 350 g/mol. The van der Waals surface area contributed by atoms with Crippen LogP contribution in [0.4, 0.5) is 8.78 Å². The second-order valence-corrected chi connectivity index (χ2v) is 7.12. The molecule has 0 unspecified atom stereocenters. The molecule has 1 saturated heterocycles. The van der Waals surface area contributed by atoms with E-state index in [2.05, 4.69) is 0 Å². The molecule has 0 spiro atoms. The topological polar surface area (TPSA) is 63.4 Å². The van der Waals surface area contributed by atoms with Crippen LogP contribution in [0.2, 0.25) is 0 Å². The number of Topliss-reactive ketones (excluding diaryl/α,β-unsaturated/α-hetero) is 1. The molecule has 136 valence electrons. The zero-order valence-corrected chi connectivity index (χ0v) is 14.2. The van der Waals surface area contributed by atoms with Gasteiger partial charge in [0.1, 0.15) is 11.6 Å². The van der Waals surface area contributed by atoms with Gasteiger partial charge in [-0.05, 0) is 56.3 Å². The van der Waals surface area contributed by atoms with Gasteiger partial charge in [0.25, 0.3) is 0 Å². The second-order valence-electron chi connectivity index (χ2n) is 7.12. The van der Waals surface area contributed by atoms with Crippen molar-refractivity contribution in [1.29, 1.82) is 0 Å². The summed E-state index contributed by atoms with van der Waals surface area (Å²) in [5.41, 5.74) is 5.57. The highest BCUT2D eigenvalue weighted by atomic mass is 19.1. The minimum absolute atomic E-state index is 0.00193. The fourth-order valence-electron chi connectivity index (χ4n) is 4.15. The lowest BCUT2D eigenvalue weighted by Gasteiger charge is -2.34. The minimum Gasteiger partial charge on any atom is -0.342 e. The van der Waals surface area contributed by atoms with Crippen molar-refractivity contribution in [2.45, 2.75) is 32.1 Å². The second kappa shape index (κ2) is 7.60. The number of hydrogen-bond donors (Lipinski definition) is 1. The highest BCUT2D eigenvalue weighted by molar-refractivity contribution is 5.98. The third-order valence-corrected chi connectivity index (χ3v) is 5.65. The van der Waals surface area contributed by atoms with E-state index >= 15 is 0 Å². The summed E-state index contributed by atoms with van der Waals surface area (Å²) in [6.45, 7) is 1.50. The molecule has 0 bridgehead atoms. The molecule has 3 rings (SSSR count). The van der Waals surface area contributed by atoms with E-state index < -0.39 is 11.6 Å². The van der Waals surface area contributed by atoms with Gasteiger partial charge in [-0.2, -0.15) is 0 Å². The van der Waals surface area contributed by atoms with Gasteiger partial charge in [-0.3, -0.25) is 9.59 Å². The summed E-state index contributed by atoms with van der Waals surface area (Å²) in [4.78, 5) is 27.0. The Kier molecular flexibility index (Phi) is 5.47. The lowest BCUT2D eigenvalue weighted by atomic mass is 9.87. The summed E-state index contributed by atoms with van der Waals surface area (Å²) < 4.78 is 27.1. The van der Waals surface area contributed by atoms with Gasteiger partial charge in [-0.1, -0.05) is 6.42 Å². The third-order valence-electron chi connectivity index (χ3n) is 5.65. The highest BCUT2D eigenvalue weighted by Gasteiger charge is 2.37. The standard InChI is InChI=1S/C19H24F2N2O2/c20-14-4-5-17(21)16(10-14)18(24)12-6-8-23(9-7-12)19(25)15-3-1-2-13(15)11-22/h4-5,10,12-13,15H,1-3,6-9,11,22H2/t13-,15-/m1/s1. The van der Waals surface area contributed by atoms with Crippen molar-refractivity contribution in [1.82, 2.24) is 4.90 Å². The van der Waals surface area contributed by atoms with Gasteiger partial charge in [-0.15, -0.1) is 0 Å². The molecule has 1 aromatic rings. The van der Waals surface area contributed by atoms with Crippen LogP contribution >= 0.6 is 0 Å². The first-order chi connectivity index (χ1) is 12.0. The van der Waals surface area contributed by atoms with Crippen LogP contribution in [-0.4, -0.2) is 36.2 Å². The molecule has 1 heterocycles. The van der Waals surface area contributed by atoms with Crippen molar-refractivity contribution in [3.05, 3.63) is 35.4 Å². The number of piperidine rings is 1. The Bertz CT molecular complexity index is 657. The first-order valence-corrected chi connectivity index (χ1v) is 8.99. The van der Waals surface area contributed by atoms with Gasteiger partial charge < -0.3 is 10.6 Å². The van der Waals surface area contributed by atoms with E-state index in [9.17, 15) is 18.4 Å². The largest absolute Gasteiger partial charge is 0.342 e. The van der Waals surface area contributed by atoms with Crippen LogP contribution in [0.15, 0.2) is 18.2 Å². The van der Waals surface area contributed by atoms with Crippen molar-refractivity contribution in [3.8, 4) is 0 Å². The molecule has 25 heavy (non-hydrogen) atoms. The molecule has 1 aliphatic carbocycles. The highest BCUT2D eigenvalue weighted by Crippen LogP contribution is 2.33. The molecule has 6 heteroatoms. The predicted octanol–water partition coefficient (Wildman–Crippen LogP) is 2.76. The van der Waals surface area contributed by atoms with E-state index in [1.54, 1.807) is 0 Å². The maximum Gasteiger partial charge on any atom is 0.226 e. The van der Waals surface area contributed by atoms with Crippen LogP contribution < -0.4 is 5.73 Å². The minimum atomic E-state index is -0.693. The van der Waals surface area contributed by atoms with Gasteiger partial charge in [-0.25, -0.2) is 8.78 Å². The third kappa shape index (κ3) is 3.73. The summed E-state index contributed by atoms with van der Waals surface area (Å²) >= 11 is 0. The molecule has 1 amide bonds. The van der Waals surface area contributed by atoms with E-state index in [4.69, 9.17) is 5.73 Å². The SMILES string of the molecule is NC[C@H]1CCC[C@H]1C(=O)N1CCC(C(=O)c2cc(F)ccc2F)CC1. The number of carbonyl (C=O) groups is 2. The maximum absolute atomic E-state index is 13.8. The quantitative estimate of drug-likeness (QED) is 0.850. The molecule has 2 aliphatic rings. The summed E-state index contributed by atoms with van der Waals surface area (Å²) in [6.07, 6.45) is 3.89. The fourth-order valence-corrected chi connectivity index (χ4v) is 4.15. The van der Waals surface area contributed by atoms with E-state index in [-0.39, 0.29) is 35.0 Å². The smallest absolute Gasteiger partial charge is 0.226 e. The van der Waals surface area contributed by atoms with Gasteiger partial charge in [0.2, 0.25) is 5.91 Å². The number of hydrogen-bond acceptors (Lipinski definition) is 3. The molecule has 4 nitrogen and oxygen atoms in total. The molecule has 1 aromatic carbocycles. The number of nitrogens with two attached hydrogens (primary N) is 1. The lowest BCUT2D eigenvalue weighted by molar-refractivity contribution is -0.137. The van der Waals surface area contributed by atoms with Crippen LogP contribution in [0.25, 0.3) is 0 Å². The summed E-state index contributed by atoms with van der Waals surface area (Å²) in [6, 6.07) is 2.94. The molecular formula is C19H24F2N2O2. The molecule has 1 aliphatic heterocycles. The maximum atomic E-state index is 13.8. The fraction of sp³-hybridized carbons (Fsp3) is 0.579. The normalized spacial score (nSPS) is 24.5. The number of likely N-dealkylation sites (tertiary alicyclic amines) is 1. The first-order valence-electron chi connectivity index (χ1n) is 8.99. The zero-order chi connectivity index (χ0) is 18.0. The Labute approximate surface area is 146 Å². The average Bonchev–Trinajstić information content (AvgIpc) is 3.11. The van der Waals surface area contributed by atoms with E-state index in [1.165, 1.54) is 0 Å². The van der Waals surface area contributed by atoms with Gasteiger partial charge in [0.15, 0.2) is 5.78 Å². The predicted molar refractivity (Wildman–Crippen MR) is 89.9 cm³/mol. The Morgan fingerprint density at radius 3 is 2.52 bits per heavy atom. The number of benzene rings is 1. The summed E-state index contributed by atoms with van der Waals surface area (Å²) in [7, 11) is 0. The molecular weight excluding hydrogens is 326 g/mol. The molecule has 2 N–H and O–H groups in total. The van der Waals surface area contributed by atoms with E-state index in [1.807, 2.05) is 4.90 Å². The Morgan fingerprint density at radius 2 is 1.84 bits per heavy atom. The molecule has 1 saturated carbocycles. The van der Waals surface area contributed by atoms with Crippen LogP contribution in [-0.2, 0) is 4.79 Å². The first kappa shape index (κ1) is 18.0. The van der Waals surface area contributed by atoms with Crippen LogP contribution in [0.1, 0.15) is 42.5 Å². The van der Waals surface area contributed by atoms with Crippen molar-refractivity contribution >= 4 is 11.7 Å². The zero-order valence-electron chi connectivity index (χ0n) is 14.2. The van der Waals surface area contributed by atoms with Crippen molar-refractivity contribution in [3.63, 3.8) is 0 Å². The van der Waals surface area contributed by atoms with E-state index in [0.717, 1.165) is 37.5 Å². The van der Waals surface area contributed by atoms with Crippen molar-refractivity contribution < 1.29 is 18.4 Å².